The molecular weight excluding hydrogens is 843 g/mol. The van der Waals surface area contributed by atoms with Crippen molar-refractivity contribution in [2.24, 2.45) is 0 Å². The highest BCUT2D eigenvalue weighted by Gasteiger charge is 2.23. The number of hydrogen-bond acceptors (Lipinski definition) is 3. The summed E-state index contributed by atoms with van der Waals surface area (Å²) in [4.78, 5) is 4.88. The van der Waals surface area contributed by atoms with E-state index in [0.717, 1.165) is 50.9 Å². The summed E-state index contributed by atoms with van der Waals surface area (Å²) in [5, 5.41) is 7.43. The summed E-state index contributed by atoms with van der Waals surface area (Å²) in [6, 6.07) is 95.0. The van der Waals surface area contributed by atoms with Crippen LogP contribution >= 0.6 is 11.3 Å². The van der Waals surface area contributed by atoms with Crippen molar-refractivity contribution in [2.75, 3.05) is 9.80 Å². The topological polar surface area (TPSA) is 11.4 Å². The van der Waals surface area contributed by atoms with E-state index >= 15 is 0 Å². The van der Waals surface area contributed by atoms with E-state index < -0.39 is 0 Å². The van der Waals surface area contributed by atoms with Gasteiger partial charge in [-0.2, -0.15) is 0 Å². The fourth-order valence-electron chi connectivity index (χ4n) is 10.2. The summed E-state index contributed by atoms with van der Waals surface area (Å²) < 4.78 is 4.93. The molecule has 3 nitrogen and oxygen atoms in total. The molecule has 11 aromatic carbocycles. The van der Waals surface area contributed by atoms with Gasteiger partial charge in [0.15, 0.2) is 0 Å². The van der Waals surface area contributed by atoms with Gasteiger partial charge in [0.2, 0.25) is 0 Å². The lowest BCUT2D eigenvalue weighted by Crippen LogP contribution is -2.14. The molecule has 0 unspecified atom stereocenters. The van der Waals surface area contributed by atoms with Crippen molar-refractivity contribution in [1.29, 1.82) is 0 Å². The fourth-order valence-corrected chi connectivity index (χ4v) is 11.4. The molecule has 0 saturated heterocycles. The monoisotopic (exact) mass is 885 g/mol. The molecule has 0 saturated carbocycles. The molecule has 0 radical (unpaired) electrons. The minimum Gasteiger partial charge on any atom is -0.310 e. The van der Waals surface area contributed by atoms with Gasteiger partial charge in [0, 0.05) is 60.1 Å². The van der Waals surface area contributed by atoms with Crippen molar-refractivity contribution in [2.45, 2.75) is 0 Å². The van der Waals surface area contributed by atoms with Crippen molar-refractivity contribution in [3.63, 3.8) is 0 Å². The summed E-state index contributed by atoms with van der Waals surface area (Å²) in [7, 11) is 0. The van der Waals surface area contributed by atoms with Crippen molar-refractivity contribution in [3.8, 4) is 27.9 Å². The van der Waals surface area contributed by atoms with E-state index in [2.05, 4.69) is 275 Å². The molecule has 0 amide bonds. The number of hydrogen-bond donors (Lipinski definition) is 0. The summed E-state index contributed by atoms with van der Waals surface area (Å²) >= 11 is 1.86. The Morgan fingerprint density at radius 2 is 0.809 bits per heavy atom. The third-order valence-corrected chi connectivity index (χ3v) is 14.5. The lowest BCUT2D eigenvalue weighted by Gasteiger charge is -2.31. The molecule has 320 valence electrons. The Bertz CT molecular complexity index is 3960. The van der Waals surface area contributed by atoms with Gasteiger partial charge in [0.1, 0.15) is 0 Å². The zero-order valence-electron chi connectivity index (χ0n) is 37.1. The van der Waals surface area contributed by atoms with Crippen molar-refractivity contribution in [1.82, 2.24) is 4.57 Å². The molecule has 0 aliphatic carbocycles. The molecule has 13 aromatic rings. The molecule has 0 aliphatic heterocycles. The van der Waals surface area contributed by atoms with Crippen LogP contribution in [0, 0.1) is 0 Å². The van der Waals surface area contributed by atoms with Crippen LogP contribution in [0.1, 0.15) is 0 Å². The highest BCUT2D eigenvalue weighted by Crippen LogP contribution is 2.48. The van der Waals surface area contributed by atoms with Gasteiger partial charge < -0.3 is 14.4 Å². The summed E-state index contributed by atoms with van der Waals surface area (Å²) in [5.74, 6) is 0. The van der Waals surface area contributed by atoms with Crippen molar-refractivity contribution >= 4 is 98.2 Å². The van der Waals surface area contributed by atoms with E-state index in [0.29, 0.717) is 0 Å². The summed E-state index contributed by atoms with van der Waals surface area (Å²) in [5.41, 5.74) is 14.7. The largest absolute Gasteiger partial charge is 0.310 e. The smallest absolute Gasteiger partial charge is 0.0640 e. The van der Waals surface area contributed by atoms with Crippen LogP contribution in [-0.4, -0.2) is 4.57 Å². The number of fused-ring (bicyclic) bond motifs is 7. The van der Waals surface area contributed by atoms with Crippen molar-refractivity contribution < 1.29 is 0 Å². The molecule has 4 heteroatoms. The number of para-hydroxylation sites is 4. The second-order valence-electron chi connectivity index (χ2n) is 17.3. The highest BCUT2D eigenvalue weighted by atomic mass is 32.1. The second-order valence-corrected chi connectivity index (χ2v) is 18.4. The maximum Gasteiger partial charge on any atom is 0.0640 e. The average Bonchev–Trinajstić information content (AvgIpc) is 3.96. The maximum absolute atomic E-state index is 2.45. The van der Waals surface area contributed by atoms with Gasteiger partial charge in [0.25, 0.3) is 0 Å². The van der Waals surface area contributed by atoms with Gasteiger partial charge in [-0.15, -0.1) is 11.3 Å². The normalized spacial score (nSPS) is 11.5. The van der Waals surface area contributed by atoms with Crippen LogP contribution in [0.15, 0.2) is 261 Å². The maximum atomic E-state index is 2.45. The highest BCUT2D eigenvalue weighted by molar-refractivity contribution is 7.26. The number of anilines is 6. The Morgan fingerprint density at radius 3 is 1.54 bits per heavy atom. The van der Waals surface area contributed by atoms with Crippen LogP contribution in [0.4, 0.5) is 34.1 Å². The Kier molecular flexibility index (Phi) is 9.69. The zero-order valence-corrected chi connectivity index (χ0v) is 37.9. The molecule has 0 bridgehead atoms. The van der Waals surface area contributed by atoms with Crippen LogP contribution in [0.2, 0.25) is 0 Å². The molecule has 0 spiro atoms. The predicted octanol–water partition coefficient (Wildman–Crippen LogP) is 18.6. The molecule has 13 rings (SSSR count). The molecule has 0 N–H and O–H groups in total. The predicted molar refractivity (Wildman–Crippen MR) is 291 cm³/mol. The van der Waals surface area contributed by atoms with Crippen molar-refractivity contribution in [3.05, 3.63) is 261 Å². The first-order chi connectivity index (χ1) is 33.7. The molecule has 2 heterocycles. The first-order valence-corrected chi connectivity index (χ1v) is 24.0. The van der Waals surface area contributed by atoms with E-state index in [1.807, 2.05) is 11.3 Å². The van der Waals surface area contributed by atoms with Crippen LogP contribution in [0.25, 0.3) is 80.7 Å². The lowest BCUT2D eigenvalue weighted by atomic mass is 9.97. The average molecular weight is 886 g/mol. The SMILES string of the molecule is c1ccc(N(c2cc(-c3ccc(-c4ccc5c6ccccc6n(-c6ccccc6)c5c4)cc3)cc(N(c3ccccc3)c3cccc4c3sc3ccccc34)c2)c2cccc3ccccc23)cc1. The Labute approximate surface area is 399 Å². The molecule has 0 fully saturated rings. The number of thiophene rings is 1. The van der Waals surface area contributed by atoms with Gasteiger partial charge in [-0.25, -0.2) is 0 Å². The third-order valence-electron chi connectivity index (χ3n) is 13.3. The zero-order chi connectivity index (χ0) is 45.0. The Morgan fingerprint density at radius 1 is 0.294 bits per heavy atom. The standard InChI is InChI=1S/C64H43N3S/c1-4-20-49(21-5-1)65(59-31-16-19-46-18-10-11-26-54(46)59)52-40-48(41-53(43-52)66(50-22-6-2-7-23-50)61-32-17-29-58-57-28-13-15-33-63(57)68-64(58)61)45-36-34-44(35-37-45)47-38-39-56-55-27-12-14-30-60(55)67(62(56)42-47)51-24-8-3-9-25-51/h1-43H. The van der Waals surface area contributed by atoms with E-state index in [9.17, 15) is 0 Å². The van der Waals surface area contributed by atoms with E-state index in [-0.39, 0.29) is 0 Å². The molecule has 0 atom stereocenters. The minimum atomic E-state index is 1.06. The van der Waals surface area contributed by atoms with Crippen LogP contribution in [-0.2, 0) is 0 Å². The Balaban J connectivity index is 1.02. The fraction of sp³-hybridized carbons (Fsp3) is 0. The number of nitrogens with zero attached hydrogens (tertiary/aromatic N) is 3. The van der Waals surface area contributed by atoms with Crippen LogP contribution in [0.3, 0.4) is 0 Å². The molecular formula is C64H43N3S. The number of rotatable bonds is 9. The van der Waals surface area contributed by atoms with Gasteiger partial charge >= 0.3 is 0 Å². The summed E-state index contributed by atoms with van der Waals surface area (Å²) in [6.07, 6.45) is 0. The van der Waals surface area contributed by atoms with E-state index in [1.165, 1.54) is 63.9 Å². The van der Waals surface area contributed by atoms with E-state index in [4.69, 9.17) is 0 Å². The quantitative estimate of drug-likeness (QED) is 0.143. The van der Waals surface area contributed by atoms with Gasteiger partial charge in [-0.05, 0) is 113 Å². The number of aromatic nitrogens is 1. The van der Waals surface area contributed by atoms with Crippen LogP contribution in [0.5, 0.6) is 0 Å². The lowest BCUT2D eigenvalue weighted by molar-refractivity contribution is 1.18. The third kappa shape index (κ3) is 6.81. The summed E-state index contributed by atoms with van der Waals surface area (Å²) in [6.45, 7) is 0. The van der Waals surface area contributed by atoms with Gasteiger partial charge in [-0.3, -0.25) is 0 Å². The Hall–Kier alpha value is -8.70. The minimum absolute atomic E-state index is 1.06. The van der Waals surface area contributed by atoms with E-state index in [1.54, 1.807) is 0 Å². The second kappa shape index (κ2) is 16.6. The first kappa shape index (κ1) is 39.6. The van der Waals surface area contributed by atoms with Crippen LogP contribution < -0.4 is 9.80 Å². The molecule has 2 aromatic heterocycles. The van der Waals surface area contributed by atoms with Gasteiger partial charge in [-0.1, -0.05) is 176 Å². The molecule has 68 heavy (non-hydrogen) atoms. The first-order valence-electron chi connectivity index (χ1n) is 23.2. The molecule has 0 aliphatic rings. The number of benzene rings is 11. The van der Waals surface area contributed by atoms with Gasteiger partial charge in [0.05, 0.1) is 27.1 Å².